The topological polar surface area (TPSA) is 64.7 Å². The van der Waals surface area contributed by atoms with E-state index in [1.165, 1.54) is 43.5 Å². The van der Waals surface area contributed by atoms with E-state index in [0.717, 1.165) is 19.1 Å². The van der Waals surface area contributed by atoms with Crippen molar-refractivity contribution >= 4 is 11.9 Å². The van der Waals surface area contributed by atoms with Gasteiger partial charge in [0.25, 0.3) is 0 Å². The van der Waals surface area contributed by atoms with Gasteiger partial charge in [0.05, 0.1) is 6.54 Å². The highest BCUT2D eigenvalue weighted by molar-refractivity contribution is 5.83. The molecule has 1 saturated carbocycles. The molecule has 1 atom stereocenters. The first-order valence-electron chi connectivity index (χ1n) is 8.02. The van der Waals surface area contributed by atoms with Crippen molar-refractivity contribution in [1.29, 1.82) is 0 Å². The molecule has 2 fully saturated rings. The van der Waals surface area contributed by atoms with Gasteiger partial charge in [0.1, 0.15) is 0 Å². The molecule has 0 spiro atoms. The summed E-state index contributed by atoms with van der Waals surface area (Å²) in [5, 5.41) is 5.51. The van der Waals surface area contributed by atoms with Crippen LogP contribution < -0.4 is 10.6 Å². The van der Waals surface area contributed by atoms with Crippen molar-refractivity contribution in [1.82, 2.24) is 20.4 Å². The van der Waals surface area contributed by atoms with Crippen molar-refractivity contribution in [2.75, 3.05) is 40.3 Å². The number of urea groups is 1. The Bertz CT molecular complexity index is 367. The van der Waals surface area contributed by atoms with Gasteiger partial charge >= 0.3 is 6.03 Å². The zero-order valence-corrected chi connectivity index (χ0v) is 13.2. The fourth-order valence-electron chi connectivity index (χ4n) is 3.26. The molecule has 21 heavy (non-hydrogen) atoms. The molecule has 1 aliphatic carbocycles. The first-order chi connectivity index (χ1) is 10.1. The van der Waals surface area contributed by atoms with E-state index in [1.54, 1.807) is 14.1 Å². The van der Waals surface area contributed by atoms with Crippen LogP contribution in [0.5, 0.6) is 0 Å². The molecular formula is C15H28N4O2. The lowest BCUT2D eigenvalue weighted by Crippen LogP contribution is -2.42. The average Bonchev–Trinajstić information content (AvgIpc) is 3.12. The van der Waals surface area contributed by atoms with Crippen LogP contribution in [0.3, 0.4) is 0 Å². The Morgan fingerprint density at radius 1 is 1.14 bits per heavy atom. The summed E-state index contributed by atoms with van der Waals surface area (Å²) in [6.45, 7) is 3.05. The van der Waals surface area contributed by atoms with Gasteiger partial charge in [-0.1, -0.05) is 12.8 Å². The second-order valence-corrected chi connectivity index (χ2v) is 6.45. The third-order valence-corrected chi connectivity index (χ3v) is 4.55. The summed E-state index contributed by atoms with van der Waals surface area (Å²) >= 11 is 0. The number of nitrogens with zero attached hydrogens (tertiary/aromatic N) is 2. The predicted molar refractivity (Wildman–Crippen MR) is 82.0 cm³/mol. The summed E-state index contributed by atoms with van der Waals surface area (Å²) < 4.78 is 0. The normalized spacial score (nSPS) is 23.2. The lowest BCUT2D eigenvalue weighted by molar-refractivity contribution is -0.120. The SMILES string of the molecule is CN(C)C(=O)NCC(=O)NCC1CCN(C2CCCC2)C1. The lowest BCUT2D eigenvalue weighted by Gasteiger charge is -2.23. The number of likely N-dealkylation sites (tertiary alicyclic amines) is 1. The average molecular weight is 296 g/mol. The summed E-state index contributed by atoms with van der Waals surface area (Å²) in [5.74, 6) is 0.448. The lowest BCUT2D eigenvalue weighted by atomic mass is 10.1. The monoisotopic (exact) mass is 296 g/mol. The molecule has 2 N–H and O–H groups in total. The molecule has 2 rings (SSSR count). The fourth-order valence-corrected chi connectivity index (χ4v) is 3.26. The van der Waals surface area contributed by atoms with Crippen LogP contribution >= 0.6 is 0 Å². The van der Waals surface area contributed by atoms with Gasteiger partial charge in [0, 0.05) is 33.2 Å². The minimum absolute atomic E-state index is 0.0517. The summed E-state index contributed by atoms with van der Waals surface area (Å²) in [6, 6.07) is 0.545. The minimum Gasteiger partial charge on any atom is -0.354 e. The predicted octanol–water partition coefficient (Wildman–Crippen LogP) is 0.638. The summed E-state index contributed by atoms with van der Waals surface area (Å²) in [7, 11) is 3.31. The molecule has 0 aromatic rings. The maximum absolute atomic E-state index is 11.7. The smallest absolute Gasteiger partial charge is 0.317 e. The third-order valence-electron chi connectivity index (χ3n) is 4.55. The van der Waals surface area contributed by atoms with Crippen LogP contribution in [0.1, 0.15) is 32.1 Å². The van der Waals surface area contributed by atoms with E-state index < -0.39 is 0 Å². The molecular weight excluding hydrogens is 268 g/mol. The highest BCUT2D eigenvalue weighted by Gasteiger charge is 2.29. The molecule has 0 radical (unpaired) electrons. The van der Waals surface area contributed by atoms with Gasteiger partial charge in [-0.15, -0.1) is 0 Å². The highest BCUT2D eigenvalue weighted by atomic mass is 16.2. The second-order valence-electron chi connectivity index (χ2n) is 6.45. The summed E-state index contributed by atoms with van der Waals surface area (Å²) in [5.41, 5.74) is 0. The number of hydrogen-bond acceptors (Lipinski definition) is 3. The van der Waals surface area contributed by atoms with Crippen molar-refractivity contribution in [3.63, 3.8) is 0 Å². The molecule has 1 saturated heterocycles. The van der Waals surface area contributed by atoms with Gasteiger partial charge in [-0.2, -0.15) is 0 Å². The third kappa shape index (κ3) is 4.88. The van der Waals surface area contributed by atoms with E-state index in [1.807, 2.05) is 0 Å². The first kappa shape index (κ1) is 16.1. The van der Waals surface area contributed by atoms with Gasteiger partial charge in [-0.3, -0.25) is 4.79 Å². The molecule has 2 aliphatic rings. The van der Waals surface area contributed by atoms with Crippen molar-refractivity contribution in [3.05, 3.63) is 0 Å². The molecule has 120 valence electrons. The number of carbonyl (C=O) groups excluding carboxylic acids is 2. The Morgan fingerprint density at radius 3 is 2.52 bits per heavy atom. The molecule has 0 aromatic carbocycles. The summed E-state index contributed by atoms with van der Waals surface area (Å²) in [4.78, 5) is 27.0. The Hall–Kier alpha value is -1.30. The van der Waals surface area contributed by atoms with Crippen LogP contribution in [0.4, 0.5) is 4.79 Å². The first-order valence-corrected chi connectivity index (χ1v) is 8.02. The van der Waals surface area contributed by atoms with Crippen molar-refractivity contribution < 1.29 is 9.59 Å². The fraction of sp³-hybridized carbons (Fsp3) is 0.867. The summed E-state index contributed by atoms with van der Waals surface area (Å²) in [6.07, 6.45) is 6.59. The zero-order chi connectivity index (χ0) is 15.2. The van der Waals surface area contributed by atoms with E-state index in [4.69, 9.17) is 0 Å². The van der Waals surface area contributed by atoms with E-state index in [0.29, 0.717) is 5.92 Å². The Kier molecular flexibility index (Phi) is 5.85. The Balaban J connectivity index is 1.60. The van der Waals surface area contributed by atoms with Gasteiger partial charge in [0.2, 0.25) is 5.91 Å². The van der Waals surface area contributed by atoms with Gasteiger partial charge < -0.3 is 20.4 Å². The van der Waals surface area contributed by atoms with Crippen molar-refractivity contribution in [2.45, 2.75) is 38.1 Å². The van der Waals surface area contributed by atoms with E-state index in [9.17, 15) is 9.59 Å². The molecule has 1 aliphatic heterocycles. The maximum Gasteiger partial charge on any atom is 0.317 e. The quantitative estimate of drug-likeness (QED) is 0.782. The number of amides is 3. The highest BCUT2D eigenvalue weighted by Crippen LogP contribution is 2.28. The molecule has 1 heterocycles. The minimum atomic E-state index is -0.238. The van der Waals surface area contributed by atoms with Crippen LogP contribution in [0.2, 0.25) is 0 Å². The number of nitrogens with one attached hydrogen (secondary N) is 2. The second kappa shape index (κ2) is 7.64. The van der Waals surface area contributed by atoms with E-state index >= 15 is 0 Å². The van der Waals surface area contributed by atoms with Gasteiger partial charge in [-0.25, -0.2) is 4.79 Å². The molecule has 1 unspecified atom stereocenters. The van der Waals surface area contributed by atoms with Gasteiger partial charge in [-0.05, 0) is 31.7 Å². The van der Waals surface area contributed by atoms with Gasteiger partial charge in [0.15, 0.2) is 0 Å². The number of rotatable bonds is 5. The van der Waals surface area contributed by atoms with Crippen LogP contribution in [-0.2, 0) is 4.79 Å². The van der Waals surface area contributed by atoms with E-state index in [2.05, 4.69) is 15.5 Å². The van der Waals surface area contributed by atoms with Crippen molar-refractivity contribution in [2.24, 2.45) is 5.92 Å². The number of carbonyl (C=O) groups is 2. The Labute approximate surface area is 127 Å². The number of hydrogen-bond donors (Lipinski definition) is 2. The molecule has 6 nitrogen and oxygen atoms in total. The Morgan fingerprint density at radius 2 is 1.86 bits per heavy atom. The van der Waals surface area contributed by atoms with E-state index in [-0.39, 0.29) is 18.5 Å². The van der Waals surface area contributed by atoms with Crippen LogP contribution in [-0.4, -0.2) is 68.1 Å². The van der Waals surface area contributed by atoms with Crippen LogP contribution in [0.25, 0.3) is 0 Å². The van der Waals surface area contributed by atoms with Crippen LogP contribution in [0.15, 0.2) is 0 Å². The zero-order valence-electron chi connectivity index (χ0n) is 13.2. The largest absolute Gasteiger partial charge is 0.354 e. The molecule has 6 heteroatoms. The molecule has 0 aromatic heterocycles. The molecule has 3 amide bonds. The standard InChI is InChI=1S/C15H28N4O2/c1-18(2)15(21)17-10-14(20)16-9-12-7-8-19(11-12)13-5-3-4-6-13/h12-13H,3-11H2,1-2H3,(H,16,20)(H,17,21). The maximum atomic E-state index is 11.7. The van der Waals surface area contributed by atoms with Crippen LogP contribution in [0, 0.1) is 5.92 Å². The van der Waals surface area contributed by atoms with Crippen molar-refractivity contribution in [3.8, 4) is 0 Å². The molecule has 0 bridgehead atoms.